The van der Waals surface area contributed by atoms with Crippen molar-refractivity contribution >= 4 is 24.2 Å². The van der Waals surface area contributed by atoms with E-state index in [4.69, 9.17) is 0 Å². The van der Waals surface area contributed by atoms with Gasteiger partial charge in [0, 0.05) is 25.2 Å². The average Bonchev–Trinajstić information content (AvgIpc) is 3.46. The van der Waals surface area contributed by atoms with Gasteiger partial charge in [-0.25, -0.2) is 9.67 Å². The molecule has 2 aromatic rings. The number of likely N-dealkylation sites (tertiary alicyclic amines) is 1. The van der Waals surface area contributed by atoms with Gasteiger partial charge >= 0.3 is 0 Å². The number of halogens is 1. The molecule has 162 valence electrons. The zero-order valence-corrected chi connectivity index (χ0v) is 18.0. The van der Waals surface area contributed by atoms with E-state index in [1.165, 1.54) is 6.33 Å². The van der Waals surface area contributed by atoms with Gasteiger partial charge in [0.25, 0.3) is 5.91 Å². The van der Waals surface area contributed by atoms with Crippen LogP contribution < -0.4 is 10.6 Å². The Morgan fingerprint density at radius 1 is 1.27 bits per heavy atom. The number of nitrogens with one attached hydrogen (secondary N) is 2. The predicted molar refractivity (Wildman–Crippen MR) is 116 cm³/mol. The minimum absolute atomic E-state index is 0. The lowest BCUT2D eigenvalue weighted by atomic mass is 9.96. The third kappa shape index (κ3) is 4.99. The summed E-state index contributed by atoms with van der Waals surface area (Å²) < 4.78 is 1.68. The molecule has 2 unspecified atom stereocenters. The van der Waals surface area contributed by atoms with Crippen molar-refractivity contribution in [3.8, 4) is 5.69 Å². The Labute approximate surface area is 182 Å². The molecule has 9 heteroatoms. The molecule has 2 atom stereocenters. The monoisotopic (exact) mass is 432 g/mol. The van der Waals surface area contributed by atoms with Gasteiger partial charge in [-0.05, 0) is 68.8 Å². The number of amides is 2. The van der Waals surface area contributed by atoms with Gasteiger partial charge in [0.1, 0.15) is 12.7 Å². The molecule has 1 aromatic heterocycles. The number of hydrogen-bond acceptors (Lipinski definition) is 5. The lowest BCUT2D eigenvalue weighted by molar-refractivity contribution is -0.123. The van der Waals surface area contributed by atoms with Gasteiger partial charge in [0.05, 0.1) is 11.7 Å². The first-order chi connectivity index (χ1) is 14.1. The minimum Gasteiger partial charge on any atom is -0.354 e. The SMILES string of the molecule is Cc1cc(-n2cncn2)ccc1C(=O)N1CCCC(CNC(=O)C2CCCN2)C1.Cl. The van der Waals surface area contributed by atoms with Crippen LogP contribution in [0.1, 0.15) is 41.6 Å². The normalized spacial score (nSPS) is 21.2. The molecule has 8 nitrogen and oxygen atoms in total. The molecule has 0 spiro atoms. The van der Waals surface area contributed by atoms with Crippen LogP contribution in [0.4, 0.5) is 0 Å². The van der Waals surface area contributed by atoms with Crippen molar-refractivity contribution in [1.29, 1.82) is 0 Å². The summed E-state index contributed by atoms with van der Waals surface area (Å²) in [6, 6.07) is 5.66. The Kier molecular flexibility index (Phi) is 7.44. The van der Waals surface area contributed by atoms with E-state index in [0.717, 1.165) is 50.0 Å². The summed E-state index contributed by atoms with van der Waals surface area (Å²) in [7, 11) is 0. The second kappa shape index (κ2) is 10.0. The number of piperidine rings is 1. The van der Waals surface area contributed by atoms with Gasteiger partial charge in [-0.3, -0.25) is 9.59 Å². The smallest absolute Gasteiger partial charge is 0.254 e. The standard InChI is InChI=1S/C21H28N6O2.ClH/c1-15-10-17(27-14-22-13-25-27)6-7-18(15)21(29)26-9-3-4-16(12-26)11-24-20(28)19-5-2-8-23-19;/h6-7,10,13-14,16,19,23H,2-5,8-9,11-12H2,1H3,(H,24,28);1H. The molecular weight excluding hydrogens is 404 g/mol. The van der Waals surface area contributed by atoms with Crippen molar-refractivity contribution in [2.45, 2.75) is 38.6 Å². The highest BCUT2D eigenvalue weighted by atomic mass is 35.5. The number of hydrogen-bond donors (Lipinski definition) is 2. The molecule has 2 aliphatic rings. The van der Waals surface area contributed by atoms with Gasteiger partial charge in [-0.2, -0.15) is 5.10 Å². The van der Waals surface area contributed by atoms with E-state index in [9.17, 15) is 9.59 Å². The maximum absolute atomic E-state index is 13.1. The number of benzene rings is 1. The predicted octanol–water partition coefficient (Wildman–Crippen LogP) is 1.72. The van der Waals surface area contributed by atoms with Gasteiger partial charge in [-0.15, -0.1) is 12.4 Å². The Bertz CT molecular complexity index is 866. The number of rotatable bonds is 5. The molecule has 4 rings (SSSR count). The van der Waals surface area contributed by atoms with Crippen molar-refractivity contribution in [1.82, 2.24) is 30.3 Å². The van der Waals surface area contributed by atoms with Crippen LogP contribution in [0.5, 0.6) is 0 Å². The molecule has 2 N–H and O–H groups in total. The highest BCUT2D eigenvalue weighted by molar-refractivity contribution is 5.96. The largest absolute Gasteiger partial charge is 0.354 e. The fraction of sp³-hybridized carbons (Fsp3) is 0.524. The van der Waals surface area contributed by atoms with E-state index >= 15 is 0 Å². The molecule has 0 radical (unpaired) electrons. The molecule has 0 bridgehead atoms. The third-order valence-corrected chi connectivity index (χ3v) is 5.87. The van der Waals surface area contributed by atoms with Crippen LogP contribution in [0, 0.1) is 12.8 Å². The van der Waals surface area contributed by atoms with Crippen LogP contribution in [0.3, 0.4) is 0 Å². The van der Waals surface area contributed by atoms with Crippen LogP contribution >= 0.6 is 12.4 Å². The molecule has 0 aliphatic carbocycles. The van der Waals surface area contributed by atoms with Crippen molar-refractivity contribution in [2.75, 3.05) is 26.2 Å². The molecule has 0 saturated carbocycles. The molecule has 1 aromatic carbocycles. The summed E-state index contributed by atoms with van der Waals surface area (Å²) in [6.07, 6.45) is 7.09. The van der Waals surface area contributed by atoms with Crippen molar-refractivity contribution in [3.63, 3.8) is 0 Å². The molecule has 2 fully saturated rings. The molecule has 30 heavy (non-hydrogen) atoms. The molecule has 2 aliphatic heterocycles. The number of aromatic nitrogens is 3. The van der Waals surface area contributed by atoms with E-state index in [2.05, 4.69) is 20.7 Å². The van der Waals surface area contributed by atoms with Crippen LogP contribution in [0.25, 0.3) is 5.69 Å². The number of carbonyl (C=O) groups excluding carboxylic acids is 2. The number of aryl methyl sites for hydroxylation is 1. The van der Waals surface area contributed by atoms with Crippen molar-refractivity contribution in [3.05, 3.63) is 42.0 Å². The van der Waals surface area contributed by atoms with Crippen LogP contribution in [0.2, 0.25) is 0 Å². The van der Waals surface area contributed by atoms with Gasteiger partial charge in [0.2, 0.25) is 5.91 Å². The molecular formula is C21H29ClN6O2. The highest BCUT2D eigenvalue weighted by Crippen LogP contribution is 2.21. The Morgan fingerprint density at radius 3 is 2.83 bits per heavy atom. The highest BCUT2D eigenvalue weighted by Gasteiger charge is 2.27. The summed E-state index contributed by atoms with van der Waals surface area (Å²) in [5.74, 6) is 0.444. The fourth-order valence-corrected chi connectivity index (χ4v) is 4.23. The summed E-state index contributed by atoms with van der Waals surface area (Å²) in [6.45, 7) is 4.94. The van der Waals surface area contributed by atoms with Crippen molar-refractivity contribution < 1.29 is 9.59 Å². The Morgan fingerprint density at radius 2 is 2.13 bits per heavy atom. The Balaban J connectivity index is 0.00000256. The lowest BCUT2D eigenvalue weighted by Gasteiger charge is -2.33. The topological polar surface area (TPSA) is 92.2 Å². The van der Waals surface area contributed by atoms with E-state index < -0.39 is 0 Å². The first kappa shape index (κ1) is 22.2. The van der Waals surface area contributed by atoms with E-state index in [-0.39, 0.29) is 30.3 Å². The van der Waals surface area contributed by atoms with Crippen LogP contribution in [-0.4, -0.2) is 63.7 Å². The summed E-state index contributed by atoms with van der Waals surface area (Å²) in [5, 5.41) is 10.4. The van der Waals surface area contributed by atoms with Crippen LogP contribution in [0.15, 0.2) is 30.9 Å². The minimum atomic E-state index is -0.0533. The number of nitrogens with zero attached hydrogens (tertiary/aromatic N) is 4. The summed E-state index contributed by atoms with van der Waals surface area (Å²) in [5.41, 5.74) is 2.52. The van der Waals surface area contributed by atoms with Gasteiger partial charge in [-0.1, -0.05) is 0 Å². The number of carbonyl (C=O) groups is 2. The quantitative estimate of drug-likeness (QED) is 0.750. The average molecular weight is 433 g/mol. The van der Waals surface area contributed by atoms with E-state index in [1.807, 2.05) is 30.0 Å². The molecule has 3 heterocycles. The fourth-order valence-electron chi connectivity index (χ4n) is 4.23. The van der Waals surface area contributed by atoms with Crippen LogP contribution in [-0.2, 0) is 4.79 Å². The zero-order chi connectivity index (χ0) is 20.2. The lowest BCUT2D eigenvalue weighted by Crippen LogP contribution is -2.46. The Hall–Kier alpha value is -2.45. The first-order valence-electron chi connectivity index (χ1n) is 10.4. The summed E-state index contributed by atoms with van der Waals surface area (Å²) in [4.78, 5) is 31.2. The van der Waals surface area contributed by atoms with Crippen molar-refractivity contribution in [2.24, 2.45) is 5.92 Å². The second-order valence-corrected chi connectivity index (χ2v) is 7.99. The van der Waals surface area contributed by atoms with E-state index in [0.29, 0.717) is 24.6 Å². The van der Waals surface area contributed by atoms with E-state index in [1.54, 1.807) is 11.0 Å². The maximum atomic E-state index is 13.1. The molecule has 2 amide bonds. The zero-order valence-electron chi connectivity index (χ0n) is 17.2. The maximum Gasteiger partial charge on any atom is 0.254 e. The first-order valence-corrected chi connectivity index (χ1v) is 10.4. The third-order valence-electron chi connectivity index (χ3n) is 5.87. The van der Waals surface area contributed by atoms with Gasteiger partial charge < -0.3 is 15.5 Å². The van der Waals surface area contributed by atoms with Gasteiger partial charge in [0.15, 0.2) is 0 Å². The summed E-state index contributed by atoms with van der Waals surface area (Å²) >= 11 is 0. The second-order valence-electron chi connectivity index (χ2n) is 7.99. The molecule has 2 saturated heterocycles.